The van der Waals surface area contributed by atoms with Gasteiger partial charge in [-0.2, -0.15) is 0 Å². The van der Waals surface area contributed by atoms with E-state index >= 15 is 0 Å². The van der Waals surface area contributed by atoms with E-state index in [2.05, 4.69) is 0 Å². The number of aryl methyl sites for hydroxylation is 1. The summed E-state index contributed by atoms with van der Waals surface area (Å²) >= 11 is 0. The van der Waals surface area contributed by atoms with Gasteiger partial charge in [0.1, 0.15) is 11.6 Å². The monoisotopic (exact) mass is 369 g/mol. The number of amides is 1. The van der Waals surface area contributed by atoms with Crippen molar-refractivity contribution < 1.29 is 24.2 Å². The quantitative estimate of drug-likeness (QED) is 0.493. The van der Waals surface area contributed by atoms with Crippen LogP contribution in [0.1, 0.15) is 29.7 Å². The number of halogens is 1. The van der Waals surface area contributed by atoms with Crippen LogP contribution in [0.25, 0.3) is 5.76 Å². The van der Waals surface area contributed by atoms with Crippen LogP contribution < -0.4 is 0 Å². The average molecular weight is 369 g/mol. The lowest BCUT2D eigenvalue weighted by atomic mass is 9.95. The molecule has 5 nitrogen and oxygen atoms in total. The largest absolute Gasteiger partial charge is 0.507 e. The molecule has 0 radical (unpaired) electrons. The third-order valence-electron chi connectivity index (χ3n) is 4.49. The minimum absolute atomic E-state index is 0.115. The molecular formula is C21H20FNO4. The van der Waals surface area contributed by atoms with Crippen LogP contribution in [0, 0.1) is 12.7 Å². The van der Waals surface area contributed by atoms with Crippen molar-refractivity contribution in [1.29, 1.82) is 0 Å². The summed E-state index contributed by atoms with van der Waals surface area (Å²) < 4.78 is 13.8. The minimum Gasteiger partial charge on any atom is -0.507 e. The van der Waals surface area contributed by atoms with Gasteiger partial charge in [0, 0.05) is 12.1 Å². The van der Waals surface area contributed by atoms with Gasteiger partial charge < -0.3 is 15.1 Å². The molecular weight excluding hydrogens is 349 g/mol. The summed E-state index contributed by atoms with van der Waals surface area (Å²) in [6.07, 6.45) is -0.890. The van der Waals surface area contributed by atoms with Crippen molar-refractivity contribution in [2.75, 3.05) is 6.54 Å². The number of aliphatic hydroxyl groups excluding tert-OH is 2. The smallest absolute Gasteiger partial charge is 0.295 e. The standard InChI is InChI=1S/C21H20FNO4/c1-12-6-8-14(9-7-12)19(25)17-18(15-4-3-5-16(22)10-15)23(11-13(2)24)21(27)20(17)26/h3-10,13,18,24-25H,11H2,1-2H3/t13-,18-/m1/s1. The zero-order valence-electron chi connectivity index (χ0n) is 15.0. The van der Waals surface area contributed by atoms with Crippen LogP contribution in [-0.2, 0) is 9.59 Å². The SMILES string of the molecule is Cc1ccc(C(O)=C2C(=O)C(=O)N(C[C@@H](C)O)[C@@H]2c2cccc(F)c2)cc1. The Bertz CT molecular complexity index is 918. The number of ketones is 1. The molecule has 1 heterocycles. The number of carbonyl (C=O) groups excluding carboxylic acids is 2. The van der Waals surface area contributed by atoms with Gasteiger partial charge >= 0.3 is 0 Å². The maximum atomic E-state index is 13.8. The van der Waals surface area contributed by atoms with Gasteiger partial charge in [-0.25, -0.2) is 4.39 Å². The Hall–Kier alpha value is -2.99. The fourth-order valence-electron chi connectivity index (χ4n) is 3.24. The normalized spacial score (nSPS) is 20.1. The first-order valence-corrected chi connectivity index (χ1v) is 8.58. The third kappa shape index (κ3) is 3.61. The summed E-state index contributed by atoms with van der Waals surface area (Å²) in [7, 11) is 0. The molecule has 0 unspecified atom stereocenters. The highest BCUT2D eigenvalue weighted by Gasteiger charge is 2.46. The Balaban J connectivity index is 2.19. The van der Waals surface area contributed by atoms with E-state index in [0.29, 0.717) is 11.1 Å². The Morgan fingerprint density at radius 1 is 1.19 bits per heavy atom. The Morgan fingerprint density at radius 2 is 1.85 bits per heavy atom. The van der Waals surface area contributed by atoms with Crippen LogP contribution in [0.5, 0.6) is 0 Å². The number of hydrogen-bond acceptors (Lipinski definition) is 4. The fraction of sp³-hybridized carbons (Fsp3) is 0.238. The van der Waals surface area contributed by atoms with E-state index < -0.39 is 29.7 Å². The molecule has 1 amide bonds. The first-order chi connectivity index (χ1) is 12.8. The lowest BCUT2D eigenvalue weighted by Gasteiger charge is -2.26. The lowest BCUT2D eigenvalue weighted by Crippen LogP contribution is -2.35. The number of likely N-dealkylation sites (tertiary alicyclic amines) is 1. The maximum absolute atomic E-state index is 13.8. The number of benzene rings is 2. The van der Waals surface area contributed by atoms with Gasteiger partial charge in [-0.15, -0.1) is 0 Å². The Kier molecular flexibility index (Phi) is 5.10. The number of Topliss-reactive ketones (excluding diaryl/α,β-unsaturated/α-hetero) is 1. The molecule has 2 aromatic rings. The van der Waals surface area contributed by atoms with E-state index in [1.807, 2.05) is 6.92 Å². The summed E-state index contributed by atoms with van der Waals surface area (Å²) in [4.78, 5) is 26.4. The van der Waals surface area contributed by atoms with Crippen LogP contribution >= 0.6 is 0 Å². The van der Waals surface area contributed by atoms with Crippen molar-refractivity contribution in [1.82, 2.24) is 4.90 Å². The van der Waals surface area contributed by atoms with Gasteiger partial charge in [0.2, 0.25) is 0 Å². The number of carbonyl (C=O) groups is 2. The van der Waals surface area contributed by atoms with Gasteiger partial charge in [0.05, 0.1) is 17.7 Å². The Morgan fingerprint density at radius 3 is 2.44 bits per heavy atom. The number of β-amino-alcohol motifs (C(OH)–C–C–N with tert-alkyl or cyclic N) is 1. The van der Waals surface area contributed by atoms with E-state index in [-0.39, 0.29) is 17.9 Å². The summed E-state index contributed by atoms with van der Waals surface area (Å²) in [5.41, 5.74) is 1.60. The molecule has 6 heteroatoms. The first-order valence-electron chi connectivity index (χ1n) is 8.58. The van der Waals surface area contributed by atoms with Crippen LogP contribution in [0.3, 0.4) is 0 Å². The lowest BCUT2D eigenvalue weighted by molar-refractivity contribution is -0.140. The topological polar surface area (TPSA) is 77.8 Å². The molecule has 0 bridgehead atoms. The highest BCUT2D eigenvalue weighted by atomic mass is 19.1. The predicted molar refractivity (Wildman–Crippen MR) is 98.3 cm³/mol. The molecule has 1 aliphatic heterocycles. The minimum atomic E-state index is -0.975. The van der Waals surface area contributed by atoms with Crippen molar-refractivity contribution >= 4 is 17.4 Å². The third-order valence-corrected chi connectivity index (χ3v) is 4.49. The van der Waals surface area contributed by atoms with Gasteiger partial charge in [0.25, 0.3) is 11.7 Å². The van der Waals surface area contributed by atoms with Crippen LogP contribution in [0.2, 0.25) is 0 Å². The molecule has 0 saturated carbocycles. The highest BCUT2D eigenvalue weighted by Crippen LogP contribution is 2.39. The summed E-state index contributed by atoms with van der Waals surface area (Å²) in [6.45, 7) is 3.26. The summed E-state index contributed by atoms with van der Waals surface area (Å²) in [5.74, 6) is -2.54. The molecule has 0 spiro atoms. The Labute approximate surface area is 156 Å². The van der Waals surface area contributed by atoms with E-state index in [0.717, 1.165) is 5.56 Å². The maximum Gasteiger partial charge on any atom is 0.295 e. The zero-order valence-corrected chi connectivity index (χ0v) is 15.0. The van der Waals surface area contributed by atoms with Crippen LogP contribution in [0.4, 0.5) is 4.39 Å². The average Bonchev–Trinajstić information content (AvgIpc) is 2.86. The molecule has 1 saturated heterocycles. The van der Waals surface area contributed by atoms with Gasteiger partial charge in [0.15, 0.2) is 0 Å². The number of hydrogen-bond donors (Lipinski definition) is 2. The van der Waals surface area contributed by atoms with Crippen LogP contribution in [0.15, 0.2) is 54.1 Å². The van der Waals surface area contributed by atoms with Crippen molar-refractivity contribution in [3.63, 3.8) is 0 Å². The van der Waals surface area contributed by atoms with Crippen molar-refractivity contribution in [2.24, 2.45) is 0 Å². The van der Waals surface area contributed by atoms with E-state index in [1.54, 1.807) is 30.3 Å². The zero-order chi connectivity index (χ0) is 19.7. The van der Waals surface area contributed by atoms with E-state index in [9.17, 15) is 24.2 Å². The first kappa shape index (κ1) is 18.8. The highest BCUT2D eigenvalue weighted by molar-refractivity contribution is 6.46. The van der Waals surface area contributed by atoms with Crippen molar-refractivity contribution in [3.05, 3.63) is 76.6 Å². The molecule has 2 aromatic carbocycles. The molecule has 1 fully saturated rings. The summed E-state index contributed by atoms with van der Waals surface area (Å²) in [6, 6.07) is 11.4. The molecule has 0 aromatic heterocycles. The van der Waals surface area contributed by atoms with Gasteiger partial charge in [-0.3, -0.25) is 9.59 Å². The molecule has 27 heavy (non-hydrogen) atoms. The number of aliphatic hydroxyl groups is 2. The predicted octanol–water partition coefficient (Wildman–Crippen LogP) is 2.94. The molecule has 140 valence electrons. The van der Waals surface area contributed by atoms with Gasteiger partial charge in [-0.1, -0.05) is 42.0 Å². The number of nitrogens with zero attached hydrogens (tertiary/aromatic N) is 1. The van der Waals surface area contributed by atoms with Crippen LogP contribution in [-0.4, -0.2) is 39.5 Å². The molecule has 3 rings (SSSR count). The molecule has 0 aliphatic carbocycles. The van der Waals surface area contributed by atoms with Crippen molar-refractivity contribution in [2.45, 2.75) is 26.0 Å². The second-order valence-electron chi connectivity index (χ2n) is 6.72. The van der Waals surface area contributed by atoms with Crippen molar-refractivity contribution in [3.8, 4) is 0 Å². The second-order valence-corrected chi connectivity index (χ2v) is 6.72. The van der Waals surface area contributed by atoms with E-state index in [4.69, 9.17) is 0 Å². The second kappa shape index (κ2) is 7.32. The van der Waals surface area contributed by atoms with Gasteiger partial charge in [-0.05, 0) is 31.5 Å². The molecule has 2 atom stereocenters. The summed E-state index contributed by atoms with van der Waals surface area (Å²) in [5, 5.41) is 20.5. The van der Waals surface area contributed by atoms with E-state index in [1.165, 1.54) is 30.0 Å². The fourth-order valence-corrected chi connectivity index (χ4v) is 3.24. The molecule has 2 N–H and O–H groups in total. The molecule has 1 aliphatic rings. The number of rotatable bonds is 4.